The first-order valence-corrected chi connectivity index (χ1v) is 7.95. The molecule has 1 heterocycles. The molecule has 0 saturated heterocycles. The first-order valence-electron chi connectivity index (χ1n) is 7.95. The van der Waals surface area contributed by atoms with E-state index in [1.807, 2.05) is 18.3 Å². The Morgan fingerprint density at radius 1 is 1.14 bits per heavy atom. The quantitative estimate of drug-likeness (QED) is 0.835. The third-order valence-corrected chi connectivity index (χ3v) is 4.57. The molecule has 112 valence electrons. The number of hydrogen-bond acceptors (Lipinski definition) is 3. The van der Waals surface area contributed by atoms with E-state index in [1.54, 1.807) is 7.11 Å². The topological polar surface area (TPSA) is 34.1 Å². The molecule has 3 nitrogen and oxygen atoms in total. The van der Waals surface area contributed by atoms with Crippen molar-refractivity contribution in [3.05, 3.63) is 30.5 Å². The maximum Gasteiger partial charge on any atom is 0.134 e. The second-order valence-corrected chi connectivity index (χ2v) is 6.20. The molecule has 2 unspecified atom stereocenters. The number of ether oxygens (including phenoxy) is 1. The number of benzene rings is 1. The van der Waals surface area contributed by atoms with Gasteiger partial charge in [0.15, 0.2) is 0 Å². The number of nitrogens with one attached hydrogen (secondary N) is 1. The van der Waals surface area contributed by atoms with Crippen LogP contribution in [0, 0.1) is 5.92 Å². The van der Waals surface area contributed by atoms with Crippen LogP contribution in [0.2, 0.25) is 0 Å². The van der Waals surface area contributed by atoms with E-state index in [2.05, 4.69) is 29.4 Å². The lowest BCUT2D eigenvalue weighted by Crippen LogP contribution is -2.19. The molecule has 3 rings (SSSR count). The zero-order valence-electron chi connectivity index (χ0n) is 12.9. The van der Waals surface area contributed by atoms with Crippen LogP contribution in [0.4, 0.5) is 5.82 Å². The van der Waals surface area contributed by atoms with Gasteiger partial charge < -0.3 is 10.1 Å². The fourth-order valence-corrected chi connectivity index (χ4v) is 3.22. The Morgan fingerprint density at radius 2 is 2.05 bits per heavy atom. The van der Waals surface area contributed by atoms with Crippen molar-refractivity contribution in [3.63, 3.8) is 0 Å². The molecule has 1 fully saturated rings. The Balaban J connectivity index is 1.83. The zero-order valence-corrected chi connectivity index (χ0v) is 12.9. The fourth-order valence-electron chi connectivity index (χ4n) is 3.22. The highest BCUT2D eigenvalue weighted by atomic mass is 16.5. The van der Waals surface area contributed by atoms with E-state index in [0.717, 1.165) is 17.5 Å². The van der Waals surface area contributed by atoms with Crippen molar-refractivity contribution in [2.75, 3.05) is 12.4 Å². The molecule has 1 aromatic heterocycles. The number of pyridine rings is 1. The van der Waals surface area contributed by atoms with Gasteiger partial charge in [-0.1, -0.05) is 19.8 Å². The summed E-state index contributed by atoms with van der Waals surface area (Å²) in [6.07, 6.45) is 8.36. The predicted octanol–water partition coefficient (Wildman–Crippen LogP) is 4.62. The number of methoxy groups -OCH3 is 1. The van der Waals surface area contributed by atoms with Gasteiger partial charge in [0.1, 0.15) is 11.6 Å². The Morgan fingerprint density at radius 3 is 2.90 bits per heavy atom. The highest BCUT2D eigenvalue weighted by Gasteiger charge is 2.17. The summed E-state index contributed by atoms with van der Waals surface area (Å²) in [5, 5.41) is 6.02. The summed E-state index contributed by atoms with van der Waals surface area (Å²) in [6, 6.07) is 8.76. The molecule has 0 radical (unpaired) electrons. The Kier molecular flexibility index (Phi) is 4.28. The Labute approximate surface area is 126 Å². The zero-order chi connectivity index (χ0) is 14.7. The summed E-state index contributed by atoms with van der Waals surface area (Å²) in [4.78, 5) is 4.55. The normalized spacial score (nSPS) is 22.8. The van der Waals surface area contributed by atoms with Crippen molar-refractivity contribution < 1.29 is 4.74 Å². The van der Waals surface area contributed by atoms with Crippen LogP contribution in [0.5, 0.6) is 5.75 Å². The van der Waals surface area contributed by atoms with Gasteiger partial charge in [-0.15, -0.1) is 0 Å². The van der Waals surface area contributed by atoms with Gasteiger partial charge >= 0.3 is 0 Å². The fraction of sp³-hybridized carbons (Fsp3) is 0.500. The molecular weight excluding hydrogens is 260 g/mol. The van der Waals surface area contributed by atoms with Gasteiger partial charge in [0.05, 0.1) is 7.11 Å². The summed E-state index contributed by atoms with van der Waals surface area (Å²) < 4.78 is 5.30. The average molecular weight is 284 g/mol. The standard InChI is InChI=1S/C18H24N2O/c1-13-4-3-5-15(7-6-13)20-18-17-9-8-16(21-2)12-14(17)10-11-19-18/h8-13,15H,3-7H2,1-2H3,(H,19,20). The van der Waals surface area contributed by atoms with Gasteiger partial charge in [-0.25, -0.2) is 4.98 Å². The van der Waals surface area contributed by atoms with E-state index in [1.165, 1.54) is 42.9 Å². The molecular formula is C18H24N2O. The lowest BCUT2D eigenvalue weighted by atomic mass is 10.0. The smallest absolute Gasteiger partial charge is 0.134 e. The van der Waals surface area contributed by atoms with Crippen LogP contribution in [0.1, 0.15) is 39.0 Å². The first kappa shape index (κ1) is 14.2. The van der Waals surface area contributed by atoms with E-state index in [9.17, 15) is 0 Å². The molecule has 1 aliphatic rings. The molecule has 1 N–H and O–H groups in total. The van der Waals surface area contributed by atoms with Crippen LogP contribution in [-0.2, 0) is 0 Å². The molecule has 21 heavy (non-hydrogen) atoms. The van der Waals surface area contributed by atoms with Crippen LogP contribution < -0.4 is 10.1 Å². The summed E-state index contributed by atoms with van der Waals surface area (Å²) in [7, 11) is 1.70. The van der Waals surface area contributed by atoms with Crippen LogP contribution >= 0.6 is 0 Å². The first-order chi connectivity index (χ1) is 10.3. The number of rotatable bonds is 3. The van der Waals surface area contributed by atoms with Crippen LogP contribution in [0.15, 0.2) is 30.5 Å². The van der Waals surface area contributed by atoms with Crippen molar-refractivity contribution in [1.29, 1.82) is 0 Å². The summed E-state index contributed by atoms with van der Waals surface area (Å²) in [6.45, 7) is 2.37. The summed E-state index contributed by atoms with van der Waals surface area (Å²) in [5.74, 6) is 2.76. The summed E-state index contributed by atoms with van der Waals surface area (Å²) >= 11 is 0. The van der Waals surface area contributed by atoms with Gasteiger partial charge in [-0.05, 0) is 54.8 Å². The molecule has 1 saturated carbocycles. The second kappa shape index (κ2) is 6.33. The van der Waals surface area contributed by atoms with E-state index in [-0.39, 0.29) is 0 Å². The van der Waals surface area contributed by atoms with Crippen molar-refractivity contribution in [2.24, 2.45) is 5.92 Å². The van der Waals surface area contributed by atoms with Crippen LogP contribution in [-0.4, -0.2) is 18.1 Å². The molecule has 1 aliphatic carbocycles. The van der Waals surface area contributed by atoms with Crippen molar-refractivity contribution in [2.45, 2.75) is 45.1 Å². The highest BCUT2D eigenvalue weighted by Crippen LogP contribution is 2.29. The molecule has 3 heteroatoms. The molecule has 0 aliphatic heterocycles. The third-order valence-electron chi connectivity index (χ3n) is 4.57. The second-order valence-electron chi connectivity index (χ2n) is 6.20. The van der Waals surface area contributed by atoms with E-state index >= 15 is 0 Å². The largest absolute Gasteiger partial charge is 0.497 e. The monoisotopic (exact) mass is 284 g/mol. The highest BCUT2D eigenvalue weighted by molar-refractivity contribution is 5.92. The van der Waals surface area contributed by atoms with Crippen LogP contribution in [0.25, 0.3) is 10.8 Å². The number of aromatic nitrogens is 1. The molecule has 0 bridgehead atoms. The van der Waals surface area contributed by atoms with E-state index in [4.69, 9.17) is 4.74 Å². The van der Waals surface area contributed by atoms with Gasteiger partial charge in [0.25, 0.3) is 0 Å². The minimum Gasteiger partial charge on any atom is -0.497 e. The van der Waals surface area contributed by atoms with Crippen LogP contribution in [0.3, 0.4) is 0 Å². The van der Waals surface area contributed by atoms with Crippen molar-refractivity contribution in [1.82, 2.24) is 4.98 Å². The Bertz CT molecular complexity index is 611. The predicted molar refractivity (Wildman–Crippen MR) is 88.0 cm³/mol. The van der Waals surface area contributed by atoms with E-state index in [0.29, 0.717) is 6.04 Å². The maximum absolute atomic E-state index is 5.30. The summed E-state index contributed by atoms with van der Waals surface area (Å²) in [5.41, 5.74) is 0. The average Bonchev–Trinajstić information content (AvgIpc) is 2.72. The third kappa shape index (κ3) is 3.29. The molecule has 2 aromatic rings. The minimum absolute atomic E-state index is 0.551. The lowest BCUT2D eigenvalue weighted by Gasteiger charge is -2.18. The lowest BCUT2D eigenvalue weighted by molar-refractivity contribution is 0.415. The van der Waals surface area contributed by atoms with E-state index < -0.39 is 0 Å². The number of anilines is 1. The Hall–Kier alpha value is -1.77. The molecule has 2 atom stereocenters. The van der Waals surface area contributed by atoms with Crippen molar-refractivity contribution >= 4 is 16.6 Å². The molecule has 0 spiro atoms. The maximum atomic E-state index is 5.30. The van der Waals surface area contributed by atoms with Gasteiger partial charge in [0.2, 0.25) is 0 Å². The number of fused-ring (bicyclic) bond motifs is 1. The number of nitrogens with zero attached hydrogens (tertiary/aromatic N) is 1. The number of hydrogen-bond donors (Lipinski definition) is 1. The molecule has 1 aromatic carbocycles. The van der Waals surface area contributed by atoms with Gasteiger partial charge in [0, 0.05) is 17.6 Å². The molecule has 0 amide bonds. The minimum atomic E-state index is 0.551. The van der Waals surface area contributed by atoms with Gasteiger partial charge in [-0.2, -0.15) is 0 Å². The van der Waals surface area contributed by atoms with Crippen molar-refractivity contribution in [3.8, 4) is 5.75 Å². The SMILES string of the molecule is COc1ccc2c(NC3CCCC(C)CC3)nccc2c1. The van der Waals surface area contributed by atoms with Gasteiger partial charge in [-0.3, -0.25) is 0 Å².